The van der Waals surface area contributed by atoms with Crippen LogP contribution in [0.1, 0.15) is 11.4 Å². The van der Waals surface area contributed by atoms with Gasteiger partial charge in [0.25, 0.3) is 0 Å². The second-order valence-corrected chi connectivity index (χ2v) is 3.75. The second-order valence-electron chi connectivity index (χ2n) is 3.75. The highest BCUT2D eigenvalue weighted by Gasteiger charge is 2.20. The largest absolute Gasteiger partial charge is 0.480 e. The van der Waals surface area contributed by atoms with Crippen LogP contribution in [0.25, 0.3) is 0 Å². The van der Waals surface area contributed by atoms with Crippen LogP contribution >= 0.6 is 0 Å². The number of carbonyl (C=O) groups is 2. The third-order valence-electron chi connectivity index (χ3n) is 2.30. The molecule has 1 unspecified atom stereocenters. The summed E-state index contributed by atoms with van der Waals surface area (Å²) >= 11 is 0. The molecule has 8 nitrogen and oxygen atoms in total. The number of rotatable bonds is 5. The number of nitrogens with zero attached hydrogens (tertiary/aromatic N) is 1. The van der Waals surface area contributed by atoms with Crippen LogP contribution in [0.5, 0.6) is 0 Å². The molecule has 0 fully saturated rings. The van der Waals surface area contributed by atoms with Gasteiger partial charge in [0.2, 0.25) is 0 Å². The highest BCUT2D eigenvalue weighted by atomic mass is 16.5. The Morgan fingerprint density at radius 2 is 2.17 bits per heavy atom. The molecule has 0 spiro atoms. The lowest BCUT2D eigenvalue weighted by Gasteiger charge is -2.14. The fraction of sp³-hybridized carbons (Fsp3) is 0.500. The highest BCUT2D eigenvalue weighted by molar-refractivity contribution is 5.93. The molecule has 1 aromatic rings. The van der Waals surface area contributed by atoms with Crippen LogP contribution in [0.3, 0.4) is 0 Å². The summed E-state index contributed by atoms with van der Waals surface area (Å²) in [6, 6.07) is -1.71. The first-order valence-corrected chi connectivity index (χ1v) is 5.26. The summed E-state index contributed by atoms with van der Waals surface area (Å²) in [5.41, 5.74) is 1.86. The average Bonchev–Trinajstić information content (AvgIpc) is 2.60. The van der Waals surface area contributed by atoms with Crippen molar-refractivity contribution in [2.24, 2.45) is 0 Å². The number of anilines is 1. The van der Waals surface area contributed by atoms with E-state index in [1.807, 2.05) is 0 Å². The van der Waals surface area contributed by atoms with Crippen LogP contribution in [0.4, 0.5) is 10.5 Å². The SMILES string of the molecule is COCC(NC(=O)Nc1c(C)n[nH]c1C)C(=O)O. The summed E-state index contributed by atoms with van der Waals surface area (Å²) in [6.45, 7) is 3.37. The van der Waals surface area contributed by atoms with Crippen LogP contribution in [0.15, 0.2) is 0 Å². The molecule has 18 heavy (non-hydrogen) atoms. The normalized spacial score (nSPS) is 11.9. The van der Waals surface area contributed by atoms with Crippen molar-refractivity contribution < 1.29 is 19.4 Å². The van der Waals surface area contributed by atoms with E-state index in [-0.39, 0.29) is 6.61 Å². The molecular weight excluding hydrogens is 240 g/mol. The Balaban J connectivity index is 2.63. The Morgan fingerprint density at radius 1 is 1.50 bits per heavy atom. The number of ether oxygens (including phenoxy) is 1. The molecule has 0 bridgehead atoms. The molecule has 2 amide bonds. The predicted molar refractivity (Wildman–Crippen MR) is 63.5 cm³/mol. The van der Waals surface area contributed by atoms with Gasteiger partial charge in [0.15, 0.2) is 6.04 Å². The quantitative estimate of drug-likeness (QED) is 0.602. The molecule has 1 rings (SSSR count). The van der Waals surface area contributed by atoms with Crippen LogP contribution in [-0.2, 0) is 9.53 Å². The van der Waals surface area contributed by atoms with Gasteiger partial charge in [0.1, 0.15) is 0 Å². The van der Waals surface area contributed by atoms with E-state index in [2.05, 4.69) is 20.8 Å². The molecule has 4 N–H and O–H groups in total. The van der Waals surface area contributed by atoms with E-state index in [9.17, 15) is 9.59 Å². The van der Waals surface area contributed by atoms with E-state index in [1.165, 1.54) is 7.11 Å². The van der Waals surface area contributed by atoms with Crippen LogP contribution < -0.4 is 10.6 Å². The number of carbonyl (C=O) groups excluding carboxylic acids is 1. The number of urea groups is 1. The zero-order valence-corrected chi connectivity index (χ0v) is 10.4. The van der Waals surface area contributed by atoms with Gasteiger partial charge in [-0.15, -0.1) is 0 Å². The number of carboxylic acids is 1. The molecule has 0 aliphatic heterocycles. The molecule has 0 aromatic carbocycles. The molecule has 0 aliphatic rings. The molecule has 1 atom stereocenters. The van der Waals surface area contributed by atoms with Crippen molar-refractivity contribution in [2.45, 2.75) is 19.9 Å². The summed E-state index contributed by atoms with van der Waals surface area (Å²) in [7, 11) is 1.36. The molecule has 0 aliphatic carbocycles. The smallest absolute Gasteiger partial charge is 0.328 e. The van der Waals surface area contributed by atoms with Gasteiger partial charge < -0.3 is 20.5 Å². The number of hydrogen-bond donors (Lipinski definition) is 4. The van der Waals surface area contributed by atoms with E-state index in [0.29, 0.717) is 17.1 Å². The standard InChI is InChI=1S/C10H16N4O4/c1-5-8(6(2)14-13-5)12-10(17)11-7(4-18-3)9(15)16/h7H,4H2,1-3H3,(H,13,14)(H,15,16)(H2,11,12,17). The first-order valence-electron chi connectivity index (χ1n) is 5.26. The fourth-order valence-electron chi connectivity index (χ4n) is 1.38. The maximum atomic E-state index is 11.6. The number of hydrogen-bond acceptors (Lipinski definition) is 4. The molecule has 0 radical (unpaired) electrons. The van der Waals surface area contributed by atoms with Gasteiger partial charge >= 0.3 is 12.0 Å². The molecule has 8 heteroatoms. The van der Waals surface area contributed by atoms with E-state index in [1.54, 1.807) is 13.8 Å². The minimum Gasteiger partial charge on any atom is -0.480 e. The first-order chi connectivity index (χ1) is 8.45. The zero-order valence-electron chi connectivity index (χ0n) is 10.4. The number of amides is 2. The van der Waals surface area contributed by atoms with Gasteiger partial charge in [-0.25, -0.2) is 9.59 Å². The molecule has 0 saturated heterocycles. The lowest BCUT2D eigenvalue weighted by molar-refractivity contribution is -0.140. The summed E-state index contributed by atoms with van der Waals surface area (Å²) < 4.78 is 4.71. The lowest BCUT2D eigenvalue weighted by atomic mass is 10.3. The van der Waals surface area contributed by atoms with Gasteiger partial charge in [0.05, 0.1) is 23.7 Å². The number of H-pyrrole nitrogens is 1. The molecule has 0 saturated carbocycles. The molecule has 1 aromatic heterocycles. The van der Waals surface area contributed by atoms with E-state index >= 15 is 0 Å². The van der Waals surface area contributed by atoms with Crippen LogP contribution in [0, 0.1) is 13.8 Å². The van der Waals surface area contributed by atoms with Crippen molar-refractivity contribution in [1.82, 2.24) is 15.5 Å². The summed E-state index contributed by atoms with van der Waals surface area (Å²) in [5.74, 6) is -1.16. The van der Waals surface area contributed by atoms with Gasteiger partial charge in [-0.05, 0) is 13.8 Å². The number of aliphatic carboxylic acids is 1. The third kappa shape index (κ3) is 3.45. The van der Waals surface area contributed by atoms with Crippen molar-refractivity contribution >= 4 is 17.7 Å². The summed E-state index contributed by atoms with van der Waals surface area (Å²) in [4.78, 5) is 22.4. The third-order valence-corrected chi connectivity index (χ3v) is 2.30. The van der Waals surface area contributed by atoms with Gasteiger partial charge in [-0.2, -0.15) is 5.10 Å². The monoisotopic (exact) mass is 256 g/mol. The second kappa shape index (κ2) is 6.01. The zero-order chi connectivity index (χ0) is 13.7. The van der Waals surface area contributed by atoms with Crippen molar-refractivity contribution in [3.63, 3.8) is 0 Å². The first kappa shape index (κ1) is 14.0. The van der Waals surface area contributed by atoms with Crippen LogP contribution in [0.2, 0.25) is 0 Å². The number of carboxylic acid groups (broad SMARTS) is 1. The highest BCUT2D eigenvalue weighted by Crippen LogP contribution is 2.15. The molecular formula is C10H16N4O4. The number of nitrogens with one attached hydrogen (secondary N) is 3. The minimum absolute atomic E-state index is 0.105. The summed E-state index contributed by atoms with van der Waals surface area (Å²) in [6.07, 6.45) is 0. The maximum absolute atomic E-state index is 11.6. The van der Waals surface area contributed by atoms with Crippen molar-refractivity contribution in [2.75, 3.05) is 19.0 Å². The fourth-order valence-corrected chi connectivity index (χ4v) is 1.38. The summed E-state index contributed by atoms with van der Waals surface area (Å²) in [5, 5.41) is 20.3. The number of aromatic amines is 1. The van der Waals surface area contributed by atoms with E-state index in [0.717, 1.165) is 0 Å². The van der Waals surface area contributed by atoms with Gasteiger partial charge in [-0.1, -0.05) is 0 Å². The Labute approximate surface area is 104 Å². The minimum atomic E-state index is -1.16. The van der Waals surface area contributed by atoms with Crippen molar-refractivity contribution in [3.05, 3.63) is 11.4 Å². The van der Waals surface area contributed by atoms with E-state index in [4.69, 9.17) is 9.84 Å². The van der Waals surface area contributed by atoms with Gasteiger partial charge in [0, 0.05) is 7.11 Å². The Kier molecular flexibility index (Phi) is 4.67. The maximum Gasteiger partial charge on any atom is 0.328 e. The Morgan fingerprint density at radius 3 is 2.61 bits per heavy atom. The van der Waals surface area contributed by atoms with Crippen LogP contribution in [-0.4, -0.2) is 47.1 Å². The number of aromatic nitrogens is 2. The lowest BCUT2D eigenvalue weighted by Crippen LogP contribution is -2.45. The Bertz CT molecular complexity index is 424. The van der Waals surface area contributed by atoms with E-state index < -0.39 is 18.0 Å². The Hall–Kier alpha value is -2.09. The van der Waals surface area contributed by atoms with Gasteiger partial charge in [-0.3, -0.25) is 5.10 Å². The molecule has 1 heterocycles. The van der Waals surface area contributed by atoms with Crippen molar-refractivity contribution in [1.29, 1.82) is 0 Å². The number of methoxy groups -OCH3 is 1. The molecule has 100 valence electrons. The number of aryl methyl sites for hydroxylation is 2. The average molecular weight is 256 g/mol. The topological polar surface area (TPSA) is 116 Å². The predicted octanol–water partition coefficient (Wildman–Crippen LogP) is 0.248. The van der Waals surface area contributed by atoms with Crippen molar-refractivity contribution in [3.8, 4) is 0 Å².